The summed E-state index contributed by atoms with van der Waals surface area (Å²) in [6.45, 7) is 4.24. The summed E-state index contributed by atoms with van der Waals surface area (Å²) in [5.74, 6) is 0.705. The minimum atomic E-state index is 0.0654. The average Bonchev–Trinajstić information content (AvgIpc) is 2.76. The van der Waals surface area contributed by atoms with Crippen LogP contribution in [0, 0.1) is 0 Å². The maximum absolute atomic E-state index is 11.6. The van der Waals surface area contributed by atoms with E-state index < -0.39 is 0 Å². The number of amides is 1. The summed E-state index contributed by atoms with van der Waals surface area (Å²) in [5, 5.41) is 9.71. The van der Waals surface area contributed by atoms with Crippen LogP contribution in [-0.2, 0) is 11.2 Å². The molecule has 17 heavy (non-hydrogen) atoms. The molecule has 1 aromatic rings. The van der Waals surface area contributed by atoms with Crippen molar-refractivity contribution < 1.29 is 4.79 Å². The van der Waals surface area contributed by atoms with Crippen LogP contribution in [0.3, 0.4) is 0 Å². The van der Waals surface area contributed by atoms with E-state index in [1.54, 1.807) is 0 Å². The molecule has 0 aliphatic carbocycles. The lowest BCUT2D eigenvalue weighted by molar-refractivity contribution is -0.116. The first-order valence-corrected chi connectivity index (χ1v) is 6.60. The van der Waals surface area contributed by atoms with Gasteiger partial charge in [-0.2, -0.15) is 5.10 Å². The largest absolute Gasteiger partial charge is 0.309 e. The van der Waals surface area contributed by atoms with Crippen LogP contribution in [0.2, 0.25) is 0 Å². The monoisotopic (exact) mass is 237 g/mol. The van der Waals surface area contributed by atoms with Gasteiger partial charge in [-0.3, -0.25) is 9.89 Å². The standard InChI is InChI=1S/C13H23N3O/c1-3-5-6-7-8-9-13(17)14-12-10-11(4-2)15-16-12/h10H,3-9H2,1-2H3,(H2,14,15,16,17). The zero-order valence-electron chi connectivity index (χ0n) is 10.9. The molecule has 0 aliphatic heterocycles. The van der Waals surface area contributed by atoms with Crippen molar-refractivity contribution in [2.24, 2.45) is 0 Å². The molecule has 0 aromatic carbocycles. The molecule has 0 saturated carbocycles. The quantitative estimate of drug-likeness (QED) is 0.682. The molecule has 4 heteroatoms. The summed E-state index contributed by atoms with van der Waals surface area (Å²) >= 11 is 0. The Labute approximate surface area is 103 Å². The third-order valence-corrected chi connectivity index (χ3v) is 2.79. The molecule has 1 aromatic heterocycles. The summed E-state index contributed by atoms with van der Waals surface area (Å²) in [7, 11) is 0. The van der Waals surface area contributed by atoms with Crippen LogP contribution in [0.4, 0.5) is 5.82 Å². The highest BCUT2D eigenvalue weighted by Crippen LogP contribution is 2.08. The molecular formula is C13H23N3O. The van der Waals surface area contributed by atoms with Gasteiger partial charge < -0.3 is 5.32 Å². The fourth-order valence-corrected chi connectivity index (χ4v) is 1.70. The van der Waals surface area contributed by atoms with Crippen LogP contribution >= 0.6 is 0 Å². The number of hydrogen-bond acceptors (Lipinski definition) is 2. The molecule has 0 spiro atoms. The molecule has 1 heterocycles. The maximum atomic E-state index is 11.6. The maximum Gasteiger partial charge on any atom is 0.225 e. The summed E-state index contributed by atoms with van der Waals surface area (Å²) in [6, 6.07) is 1.88. The number of aromatic amines is 1. The van der Waals surface area contributed by atoms with Gasteiger partial charge in [0.15, 0.2) is 5.82 Å². The van der Waals surface area contributed by atoms with Crippen LogP contribution in [0.25, 0.3) is 0 Å². The molecular weight excluding hydrogens is 214 g/mol. The van der Waals surface area contributed by atoms with Crippen LogP contribution in [0.5, 0.6) is 0 Å². The lowest BCUT2D eigenvalue weighted by Crippen LogP contribution is -2.11. The Morgan fingerprint density at radius 2 is 2.06 bits per heavy atom. The van der Waals surface area contributed by atoms with E-state index in [9.17, 15) is 4.79 Å². The van der Waals surface area contributed by atoms with E-state index in [4.69, 9.17) is 0 Å². The second-order valence-electron chi connectivity index (χ2n) is 4.34. The molecule has 4 nitrogen and oxygen atoms in total. The van der Waals surface area contributed by atoms with Gasteiger partial charge in [0.2, 0.25) is 5.91 Å². The van der Waals surface area contributed by atoms with Gasteiger partial charge in [0.1, 0.15) is 0 Å². The van der Waals surface area contributed by atoms with Crippen molar-refractivity contribution in [3.63, 3.8) is 0 Å². The fraction of sp³-hybridized carbons (Fsp3) is 0.692. The van der Waals surface area contributed by atoms with E-state index in [-0.39, 0.29) is 5.91 Å². The van der Waals surface area contributed by atoms with Crippen LogP contribution < -0.4 is 5.32 Å². The summed E-state index contributed by atoms with van der Waals surface area (Å²) in [4.78, 5) is 11.6. The van der Waals surface area contributed by atoms with Gasteiger partial charge >= 0.3 is 0 Å². The molecule has 0 bridgehead atoms. The number of anilines is 1. The number of aromatic nitrogens is 2. The zero-order valence-corrected chi connectivity index (χ0v) is 10.9. The Hall–Kier alpha value is -1.32. The number of rotatable bonds is 8. The van der Waals surface area contributed by atoms with Gasteiger partial charge in [-0.05, 0) is 12.8 Å². The van der Waals surface area contributed by atoms with Crippen LogP contribution in [-0.4, -0.2) is 16.1 Å². The smallest absolute Gasteiger partial charge is 0.225 e. The molecule has 0 saturated heterocycles. The Kier molecular flexibility index (Phi) is 6.37. The SMILES string of the molecule is CCCCCCCC(=O)Nc1cc(CC)[nH]n1. The van der Waals surface area contributed by atoms with E-state index in [1.807, 2.05) is 13.0 Å². The van der Waals surface area contributed by atoms with Crippen LogP contribution in [0.15, 0.2) is 6.07 Å². The van der Waals surface area contributed by atoms with E-state index >= 15 is 0 Å². The van der Waals surface area contributed by atoms with Crippen molar-refractivity contribution in [1.82, 2.24) is 10.2 Å². The number of carbonyl (C=O) groups is 1. The van der Waals surface area contributed by atoms with Crippen molar-refractivity contribution >= 4 is 11.7 Å². The summed E-state index contributed by atoms with van der Waals surface area (Å²) in [6.07, 6.45) is 7.34. The Morgan fingerprint density at radius 1 is 1.29 bits per heavy atom. The van der Waals surface area contributed by atoms with Crippen molar-refractivity contribution in [2.75, 3.05) is 5.32 Å². The van der Waals surface area contributed by atoms with E-state index in [0.717, 1.165) is 25.0 Å². The first kappa shape index (κ1) is 13.7. The minimum absolute atomic E-state index is 0.0654. The lowest BCUT2D eigenvalue weighted by Gasteiger charge is -2.01. The van der Waals surface area contributed by atoms with Gasteiger partial charge in [-0.25, -0.2) is 0 Å². The molecule has 0 fully saturated rings. The second-order valence-corrected chi connectivity index (χ2v) is 4.34. The molecule has 0 unspecified atom stereocenters. The van der Waals surface area contributed by atoms with E-state index in [2.05, 4.69) is 22.4 Å². The predicted molar refractivity (Wildman–Crippen MR) is 70.0 cm³/mol. The number of carbonyl (C=O) groups excluding carboxylic acids is 1. The third-order valence-electron chi connectivity index (χ3n) is 2.79. The number of nitrogens with zero attached hydrogens (tertiary/aromatic N) is 1. The van der Waals surface area contributed by atoms with Gasteiger partial charge in [-0.1, -0.05) is 39.5 Å². The molecule has 1 rings (SSSR count). The first-order chi connectivity index (χ1) is 8.26. The Bertz CT molecular complexity index is 333. The topological polar surface area (TPSA) is 57.8 Å². The predicted octanol–water partition coefficient (Wildman–Crippen LogP) is 3.27. The summed E-state index contributed by atoms with van der Waals surface area (Å²) < 4.78 is 0. The van der Waals surface area contributed by atoms with Gasteiger partial charge in [0, 0.05) is 18.2 Å². The van der Waals surface area contributed by atoms with Gasteiger partial charge in [-0.15, -0.1) is 0 Å². The first-order valence-electron chi connectivity index (χ1n) is 6.60. The molecule has 0 radical (unpaired) electrons. The van der Waals surface area contributed by atoms with Crippen molar-refractivity contribution in [3.05, 3.63) is 11.8 Å². The van der Waals surface area contributed by atoms with E-state index in [0.29, 0.717) is 12.2 Å². The van der Waals surface area contributed by atoms with E-state index in [1.165, 1.54) is 19.3 Å². The minimum Gasteiger partial charge on any atom is -0.309 e. The molecule has 1 amide bonds. The molecule has 96 valence electrons. The normalized spacial score (nSPS) is 10.5. The number of unbranched alkanes of at least 4 members (excludes halogenated alkanes) is 4. The van der Waals surface area contributed by atoms with Crippen molar-refractivity contribution in [2.45, 2.75) is 58.8 Å². The highest BCUT2D eigenvalue weighted by Gasteiger charge is 2.04. The highest BCUT2D eigenvalue weighted by molar-refractivity contribution is 5.89. The van der Waals surface area contributed by atoms with Gasteiger partial charge in [0.05, 0.1) is 0 Å². The molecule has 0 aliphatic rings. The molecule has 2 N–H and O–H groups in total. The van der Waals surface area contributed by atoms with Crippen molar-refractivity contribution in [1.29, 1.82) is 0 Å². The molecule has 0 atom stereocenters. The second kappa shape index (κ2) is 7.87. The van der Waals surface area contributed by atoms with Crippen LogP contribution in [0.1, 0.15) is 58.1 Å². The number of hydrogen-bond donors (Lipinski definition) is 2. The fourth-order valence-electron chi connectivity index (χ4n) is 1.70. The Balaban J connectivity index is 2.16. The average molecular weight is 237 g/mol. The number of nitrogens with one attached hydrogen (secondary N) is 2. The highest BCUT2D eigenvalue weighted by atomic mass is 16.1. The Morgan fingerprint density at radius 3 is 2.71 bits per heavy atom. The van der Waals surface area contributed by atoms with Gasteiger partial charge in [0.25, 0.3) is 0 Å². The summed E-state index contributed by atoms with van der Waals surface area (Å²) in [5.41, 5.74) is 1.04. The lowest BCUT2D eigenvalue weighted by atomic mass is 10.1. The van der Waals surface area contributed by atoms with Crippen molar-refractivity contribution in [3.8, 4) is 0 Å². The third kappa shape index (κ3) is 5.52. The number of aryl methyl sites for hydroxylation is 1. The zero-order chi connectivity index (χ0) is 12.5. The number of H-pyrrole nitrogens is 1.